The Hall–Kier alpha value is -5.81. The summed E-state index contributed by atoms with van der Waals surface area (Å²) in [5.74, 6) is 0. The van der Waals surface area contributed by atoms with Gasteiger partial charge < -0.3 is 9.32 Å². The summed E-state index contributed by atoms with van der Waals surface area (Å²) < 4.78 is 6.65. The summed E-state index contributed by atoms with van der Waals surface area (Å²) in [5, 5.41) is 7.79. The van der Waals surface area contributed by atoms with Gasteiger partial charge in [0, 0.05) is 43.2 Å². The quantitative estimate of drug-likeness (QED) is 0.168. The van der Waals surface area contributed by atoms with Crippen LogP contribution in [-0.2, 0) is 0 Å². The third-order valence-corrected chi connectivity index (χ3v) is 18.5. The average molecular weight is 730 g/mol. The predicted octanol–water partition coefficient (Wildman–Crippen LogP) is 13.1. The topological polar surface area (TPSA) is 16.4 Å². The highest BCUT2D eigenvalue weighted by Gasteiger charge is 2.40. The van der Waals surface area contributed by atoms with E-state index in [0.717, 1.165) is 16.9 Å². The van der Waals surface area contributed by atoms with Crippen molar-refractivity contribution in [3.63, 3.8) is 0 Å². The average Bonchev–Trinajstić information content (AvgIpc) is 3.77. The minimum Gasteiger partial charge on any atom is -0.455 e. The minimum absolute atomic E-state index is 0.950. The molecule has 0 amide bonds. The van der Waals surface area contributed by atoms with E-state index in [9.17, 15) is 0 Å². The molecule has 0 fully saturated rings. The van der Waals surface area contributed by atoms with Crippen LogP contribution in [0.4, 0.5) is 17.1 Å². The molecule has 54 heavy (non-hydrogen) atoms. The maximum Gasteiger partial charge on any atom is 0.143 e. The van der Waals surface area contributed by atoms with Crippen molar-refractivity contribution in [2.45, 2.75) is 22.9 Å². The molecule has 0 unspecified atom stereocenters. The molecule has 0 saturated carbocycles. The summed E-state index contributed by atoms with van der Waals surface area (Å²) in [6, 6.07) is 61.0. The van der Waals surface area contributed by atoms with Crippen LogP contribution in [-0.4, -0.2) is 20.6 Å². The van der Waals surface area contributed by atoms with Crippen molar-refractivity contribution < 1.29 is 4.42 Å². The van der Waals surface area contributed by atoms with Gasteiger partial charge in [-0.15, -0.1) is 0 Å². The number of nitrogens with zero attached hydrogens (tertiary/aromatic N) is 1. The van der Waals surface area contributed by atoms with Crippen LogP contribution in [0, 0.1) is 0 Å². The molecular formula is C50H39NOSSi. The van der Waals surface area contributed by atoms with Crippen molar-refractivity contribution in [3.05, 3.63) is 164 Å². The molecule has 3 heterocycles. The number of benzene rings is 8. The van der Waals surface area contributed by atoms with E-state index in [1.165, 1.54) is 86.5 Å². The van der Waals surface area contributed by atoms with Crippen LogP contribution in [0.5, 0.6) is 0 Å². The molecule has 0 spiro atoms. The summed E-state index contributed by atoms with van der Waals surface area (Å²) in [7, 11) is -3.18. The molecular weight excluding hydrogens is 691 g/mol. The Morgan fingerprint density at radius 2 is 1.20 bits per heavy atom. The lowest BCUT2D eigenvalue weighted by molar-refractivity contribution is 0.670. The van der Waals surface area contributed by atoms with E-state index < -0.39 is 18.1 Å². The van der Waals surface area contributed by atoms with Crippen LogP contribution in [0.3, 0.4) is 0 Å². The first kappa shape index (κ1) is 31.7. The molecule has 0 aliphatic carbocycles. The summed E-state index contributed by atoms with van der Waals surface area (Å²) in [6.45, 7) is 5.00. The zero-order valence-electron chi connectivity index (χ0n) is 30.9. The van der Waals surface area contributed by atoms with E-state index in [4.69, 9.17) is 4.42 Å². The standard InChI is InChI=1S/C50H39NOSSi/c1-53(2)45-19-10-8-17-40(45)43-30-37(23-26-46(43)53)51(36-15-11-14-34(29-36)35-21-20-32-12-5-6-13-33(32)28-35)38-22-24-42-48(31-38)54(3,4)47-27-25-41-39-16-7-9-18-44(39)52-50(41)49(42)47/h5-31H,1-4H3. The molecule has 0 radical (unpaired) electrons. The van der Waals surface area contributed by atoms with Crippen LogP contribution < -0.4 is 15.3 Å². The predicted molar refractivity (Wildman–Crippen MR) is 235 cm³/mol. The largest absolute Gasteiger partial charge is 0.455 e. The van der Waals surface area contributed by atoms with Gasteiger partial charge in [-0.3, -0.25) is 0 Å². The molecule has 260 valence electrons. The third-order valence-electron chi connectivity index (χ3n) is 12.1. The van der Waals surface area contributed by atoms with Gasteiger partial charge in [0.1, 0.15) is 19.2 Å². The second-order valence-corrected chi connectivity index (χ2v) is 23.6. The first-order valence-electron chi connectivity index (χ1n) is 18.7. The highest BCUT2D eigenvalue weighted by atomic mass is 32.3. The Morgan fingerprint density at radius 3 is 2.11 bits per heavy atom. The molecule has 0 N–H and O–H groups in total. The van der Waals surface area contributed by atoms with Crippen LogP contribution in [0.25, 0.3) is 66.1 Å². The smallest absolute Gasteiger partial charge is 0.143 e. The third kappa shape index (κ3) is 4.47. The SMILES string of the molecule is C[Si]1(C)c2cc(N(c3cccc(-c4ccc5ccccc5c4)c3)c3ccc4c(c3)-c3ccccc3S4(C)C)ccc2-c2c1ccc1c2oc2ccccc21. The van der Waals surface area contributed by atoms with Gasteiger partial charge in [-0.05, 0) is 122 Å². The fourth-order valence-electron chi connectivity index (χ4n) is 9.33. The Kier molecular flexibility index (Phi) is 6.66. The molecule has 0 atom stereocenters. The zero-order chi connectivity index (χ0) is 36.3. The van der Waals surface area contributed by atoms with Gasteiger partial charge in [0.2, 0.25) is 0 Å². The number of hydrogen-bond acceptors (Lipinski definition) is 2. The number of fused-ring (bicyclic) bond motifs is 11. The van der Waals surface area contributed by atoms with Gasteiger partial charge in [0.15, 0.2) is 0 Å². The van der Waals surface area contributed by atoms with E-state index in [-0.39, 0.29) is 0 Å². The first-order valence-corrected chi connectivity index (χ1v) is 24.2. The zero-order valence-corrected chi connectivity index (χ0v) is 32.7. The Bertz CT molecular complexity index is 3030. The highest BCUT2D eigenvalue weighted by Crippen LogP contribution is 2.67. The maximum atomic E-state index is 6.65. The lowest BCUT2D eigenvalue weighted by Crippen LogP contribution is -2.49. The van der Waals surface area contributed by atoms with Crippen LogP contribution >= 0.6 is 10.0 Å². The van der Waals surface area contributed by atoms with Crippen molar-refractivity contribution >= 4 is 78.2 Å². The number of anilines is 3. The van der Waals surface area contributed by atoms with Gasteiger partial charge in [-0.25, -0.2) is 0 Å². The Labute approximate surface area is 318 Å². The normalized spacial score (nSPS) is 15.2. The fraction of sp³-hybridized carbons (Fsp3) is 0.0800. The van der Waals surface area contributed by atoms with Crippen molar-refractivity contribution in [1.82, 2.24) is 0 Å². The van der Waals surface area contributed by atoms with E-state index in [1.807, 2.05) is 0 Å². The molecule has 9 aromatic rings. The molecule has 4 heteroatoms. The molecule has 11 rings (SSSR count). The second kappa shape index (κ2) is 11.3. The van der Waals surface area contributed by atoms with Crippen molar-refractivity contribution in [1.29, 1.82) is 0 Å². The van der Waals surface area contributed by atoms with E-state index in [1.54, 1.807) is 0 Å². The summed E-state index contributed by atoms with van der Waals surface area (Å²) in [4.78, 5) is 5.42. The van der Waals surface area contributed by atoms with Gasteiger partial charge in [0.25, 0.3) is 0 Å². The molecule has 1 aromatic heterocycles. The van der Waals surface area contributed by atoms with Crippen LogP contribution in [0.1, 0.15) is 0 Å². The maximum absolute atomic E-state index is 6.65. The van der Waals surface area contributed by atoms with Crippen LogP contribution in [0.15, 0.2) is 178 Å². The van der Waals surface area contributed by atoms with E-state index in [0.29, 0.717) is 0 Å². The van der Waals surface area contributed by atoms with Crippen LogP contribution in [0.2, 0.25) is 13.1 Å². The van der Waals surface area contributed by atoms with Gasteiger partial charge >= 0.3 is 0 Å². The van der Waals surface area contributed by atoms with Crippen molar-refractivity contribution in [3.8, 4) is 33.4 Å². The second-order valence-electron chi connectivity index (χ2n) is 15.8. The van der Waals surface area contributed by atoms with Crippen molar-refractivity contribution in [2.75, 3.05) is 17.4 Å². The Morgan fingerprint density at radius 1 is 0.481 bits per heavy atom. The first-order chi connectivity index (χ1) is 26.3. The van der Waals surface area contributed by atoms with Gasteiger partial charge in [-0.1, -0.05) is 116 Å². The molecule has 8 aromatic carbocycles. The van der Waals surface area contributed by atoms with Gasteiger partial charge in [-0.2, -0.15) is 10.0 Å². The summed E-state index contributed by atoms with van der Waals surface area (Å²) in [5.41, 5.74) is 13.2. The number of hydrogen-bond donors (Lipinski definition) is 0. The summed E-state index contributed by atoms with van der Waals surface area (Å²) >= 11 is 0. The van der Waals surface area contributed by atoms with Crippen molar-refractivity contribution in [2.24, 2.45) is 0 Å². The minimum atomic E-state index is -2.08. The summed E-state index contributed by atoms with van der Waals surface area (Å²) in [6.07, 6.45) is 4.87. The molecule has 0 bridgehead atoms. The molecule has 0 saturated heterocycles. The van der Waals surface area contributed by atoms with E-state index in [2.05, 4.69) is 194 Å². The number of rotatable bonds is 4. The highest BCUT2D eigenvalue weighted by molar-refractivity contribution is 8.33. The fourth-order valence-corrected chi connectivity index (χ4v) is 14.9. The lowest BCUT2D eigenvalue weighted by Gasteiger charge is -2.30. The lowest BCUT2D eigenvalue weighted by atomic mass is 9.99. The molecule has 2 nitrogen and oxygen atoms in total. The number of furan rings is 1. The Balaban J connectivity index is 1.11. The van der Waals surface area contributed by atoms with Gasteiger partial charge in [0.05, 0.1) is 0 Å². The molecule has 2 aliphatic rings. The number of para-hydroxylation sites is 1. The molecule has 2 aliphatic heterocycles. The van der Waals surface area contributed by atoms with E-state index >= 15 is 0 Å². The monoisotopic (exact) mass is 729 g/mol.